The molecule has 1 amide bonds. The van der Waals surface area contributed by atoms with Crippen LogP contribution in [0.3, 0.4) is 0 Å². The number of thiophene rings is 1. The molecule has 0 unspecified atom stereocenters. The summed E-state index contributed by atoms with van der Waals surface area (Å²) in [4.78, 5) is 20.8. The van der Waals surface area contributed by atoms with Crippen molar-refractivity contribution in [3.8, 4) is 5.88 Å². The van der Waals surface area contributed by atoms with Gasteiger partial charge in [0.25, 0.3) is 5.91 Å². The highest BCUT2D eigenvalue weighted by Crippen LogP contribution is 2.36. The van der Waals surface area contributed by atoms with E-state index in [1.165, 1.54) is 11.3 Å². The van der Waals surface area contributed by atoms with E-state index in [9.17, 15) is 4.79 Å². The first kappa shape index (κ1) is 20.6. The Labute approximate surface area is 179 Å². The number of rotatable bonds is 7. The zero-order valence-electron chi connectivity index (χ0n) is 17.0. The lowest BCUT2D eigenvalue weighted by Gasteiger charge is -2.26. The average Bonchev–Trinajstić information content (AvgIpc) is 3.10. The number of nitrogens with two attached hydrogens (primary N) is 1. The number of ether oxygens (including phenoxy) is 2. The van der Waals surface area contributed by atoms with Crippen molar-refractivity contribution in [1.82, 2.24) is 15.2 Å². The largest absolute Gasteiger partial charge is 0.476 e. The molecule has 7 nitrogen and oxygen atoms in total. The Hall–Kier alpha value is -2.68. The highest BCUT2D eigenvalue weighted by Gasteiger charge is 2.20. The number of carbonyl (C=O) groups is 1. The molecule has 0 spiro atoms. The van der Waals surface area contributed by atoms with Gasteiger partial charge in [0.2, 0.25) is 5.88 Å². The van der Waals surface area contributed by atoms with Crippen LogP contribution in [-0.2, 0) is 11.3 Å². The van der Waals surface area contributed by atoms with Gasteiger partial charge in [-0.2, -0.15) is 0 Å². The molecule has 30 heavy (non-hydrogen) atoms. The second-order valence-electron chi connectivity index (χ2n) is 7.27. The molecule has 1 fully saturated rings. The number of nitrogens with zero attached hydrogens (tertiary/aromatic N) is 2. The van der Waals surface area contributed by atoms with E-state index in [0.717, 1.165) is 54.2 Å². The Bertz CT molecular complexity index is 1020. The summed E-state index contributed by atoms with van der Waals surface area (Å²) in [6.07, 6.45) is 0. The number of fused-ring (bicyclic) bond motifs is 1. The number of hydrogen-bond donors (Lipinski definition) is 2. The molecule has 0 bridgehead atoms. The monoisotopic (exact) mass is 426 g/mol. The van der Waals surface area contributed by atoms with Gasteiger partial charge < -0.3 is 20.5 Å². The molecular formula is C22H26N4O3S. The fraction of sp³-hybridized carbons (Fsp3) is 0.364. The molecule has 2 aromatic heterocycles. The SMILES string of the molecule is Cc1cc(OCCN2CCOCC2)nc2sc(C(=O)NCc3ccccc3)c(N)c12. The first-order valence-electron chi connectivity index (χ1n) is 10.1. The molecule has 0 saturated carbocycles. The first-order valence-corrected chi connectivity index (χ1v) is 10.9. The topological polar surface area (TPSA) is 89.7 Å². The van der Waals surface area contributed by atoms with Gasteiger partial charge in [0.1, 0.15) is 16.3 Å². The normalized spacial score (nSPS) is 14.7. The summed E-state index contributed by atoms with van der Waals surface area (Å²) >= 11 is 1.30. The molecule has 0 atom stereocenters. The zero-order valence-corrected chi connectivity index (χ0v) is 17.8. The number of nitrogen functional groups attached to an aromatic ring is 1. The van der Waals surface area contributed by atoms with E-state index in [0.29, 0.717) is 29.6 Å². The Morgan fingerprint density at radius 1 is 1.30 bits per heavy atom. The lowest BCUT2D eigenvalue weighted by atomic mass is 10.1. The van der Waals surface area contributed by atoms with E-state index < -0.39 is 0 Å². The minimum atomic E-state index is -0.187. The van der Waals surface area contributed by atoms with E-state index >= 15 is 0 Å². The molecule has 0 aliphatic carbocycles. The number of nitrogens with one attached hydrogen (secondary N) is 1. The van der Waals surface area contributed by atoms with Gasteiger partial charge in [0, 0.05) is 37.6 Å². The van der Waals surface area contributed by atoms with Crippen LogP contribution >= 0.6 is 11.3 Å². The van der Waals surface area contributed by atoms with Crippen molar-refractivity contribution in [2.24, 2.45) is 0 Å². The molecule has 1 aliphatic heterocycles. The fourth-order valence-electron chi connectivity index (χ4n) is 3.49. The summed E-state index contributed by atoms with van der Waals surface area (Å²) < 4.78 is 11.2. The molecule has 3 heterocycles. The Balaban J connectivity index is 1.44. The lowest BCUT2D eigenvalue weighted by Crippen LogP contribution is -2.38. The van der Waals surface area contributed by atoms with Gasteiger partial charge in [-0.05, 0) is 18.1 Å². The van der Waals surface area contributed by atoms with Crippen molar-refractivity contribution in [3.05, 3.63) is 52.4 Å². The summed E-state index contributed by atoms with van der Waals surface area (Å²) in [6.45, 7) is 7.21. The number of amides is 1. The molecule has 3 aromatic rings. The van der Waals surface area contributed by atoms with E-state index in [4.69, 9.17) is 15.2 Å². The summed E-state index contributed by atoms with van der Waals surface area (Å²) in [5.74, 6) is 0.374. The minimum Gasteiger partial charge on any atom is -0.476 e. The van der Waals surface area contributed by atoms with Gasteiger partial charge in [-0.25, -0.2) is 4.98 Å². The van der Waals surface area contributed by atoms with Crippen LogP contribution in [-0.4, -0.2) is 55.2 Å². The quantitative estimate of drug-likeness (QED) is 0.604. The predicted molar refractivity (Wildman–Crippen MR) is 119 cm³/mol. The molecule has 8 heteroatoms. The zero-order chi connectivity index (χ0) is 20.9. The van der Waals surface area contributed by atoms with Gasteiger partial charge in [-0.1, -0.05) is 30.3 Å². The average molecular weight is 427 g/mol. The summed E-state index contributed by atoms with van der Waals surface area (Å²) in [6, 6.07) is 11.7. The molecule has 158 valence electrons. The van der Waals surface area contributed by atoms with Crippen LogP contribution in [0.4, 0.5) is 5.69 Å². The third-order valence-electron chi connectivity index (χ3n) is 5.14. The van der Waals surface area contributed by atoms with Gasteiger partial charge in [0.15, 0.2) is 0 Å². The van der Waals surface area contributed by atoms with Crippen molar-refractivity contribution in [3.63, 3.8) is 0 Å². The van der Waals surface area contributed by atoms with Crippen molar-refractivity contribution in [2.75, 3.05) is 45.2 Å². The fourth-order valence-corrected chi connectivity index (χ4v) is 4.56. The molecule has 1 aromatic carbocycles. The van der Waals surface area contributed by atoms with E-state index in [-0.39, 0.29) is 5.91 Å². The van der Waals surface area contributed by atoms with Crippen LogP contribution < -0.4 is 15.8 Å². The van der Waals surface area contributed by atoms with Crippen molar-refractivity contribution >= 4 is 33.1 Å². The van der Waals surface area contributed by atoms with Crippen molar-refractivity contribution in [1.29, 1.82) is 0 Å². The number of pyridine rings is 1. The second kappa shape index (κ2) is 9.42. The maximum absolute atomic E-state index is 12.7. The Morgan fingerprint density at radius 3 is 2.83 bits per heavy atom. The molecule has 0 radical (unpaired) electrons. The van der Waals surface area contributed by atoms with Gasteiger partial charge in [-0.15, -0.1) is 11.3 Å². The number of hydrogen-bond acceptors (Lipinski definition) is 7. The van der Waals surface area contributed by atoms with E-state index in [2.05, 4.69) is 15.2 Å². The molecule has 4 rings (SSSR count). The van der Waals surface area contributed by atoms with Gasteiger partial charge in [0.05, 0.1) is 18.9 Å². The minimum absolute atomic E-state index is 0.187. The third-order valence-corrected chi connectivity index (χ3v) is 6.23. The molecule has 1 aliphatic rings. The van der Waals surface area contributed by atoms with Crippen LogP contribution in [0.1, 0.15) is 20.8 Å². The smallest absolute Gasteiger partial charge is 0.263 e. The molecular weight excluding hydrogens is 400 g/mol. The number of aromatic nitrogens is 1. The van der Waals surface area contributed by atoms with E-state index in [1.54, 1.807) is 0 Å². The second-order valence-corrected chi connectivity index (χ2v) is 8.27. The number of anilines is 1. The summed E-state index contributed by atoms with van der Waals surface area (Å²) in [5.41, 5.74) is 8.78. The summed E-state index contributed by atoms with van der Waals surface area (Å²) in [5, 5.41) is 3.76. The van der Waals surface area contributed by atoms with Crippen LogP contribution in [0, 0.1) is 6.92 Å². The standard InChI is InChI=1S/C22H26N4O3S/c1-15-13-17(29-12-9-26-7-10-28-11-8-26)25-22-18(15)19(23)20(30-22)21(27)24-14-16-5-3-2-4-6-16/h2-6,13H,7-12,14,23H2,1H3,(H,24,27). The first-order chi connectivity index (χ1) is 14.6. The number of aryl methyl sites for hydroxylation is 1. The van der Waals surface area contributed by atoms with Crippen LogP contribution in [0.25, 0.3) is 10.2 Å². The Kier molecular flexibility index (Phi) is 6.47. The summed E-state index contributed by atoms with van der Waals surface area (Å²) in [7, 11) is 0. The number of morpholine rings is 1. The number of benzene rings is 1. The predicted octanol–water partition coefficient (Wildman–Crippen LogP) is 2.83. The van der Waals surface area contributed by atoms with Gasteiger partial charge in [-0.3, -0.25) is 9.69 Å². The van der Waals surface area contributed by atoms with Crippen molar-refractivity contribution in [2.45, 2.75) is 13.5 Å². The highest BCUT2D eigenvalue weighted by molar-refractivity contribution is 7.21. The van der Waals surface area contributed by atoms with Crippen LogP contribution in [0.15, 0.2) is 36.4 Å². The van der Waals surface area contributed by atoms with E-state index in [1.807, 2.05) is 43.3 Å². The van der Waals surface area contributed by atoms with Crippen molar-refractivity contribution < 1.29 is 14.3 Å². The molecule has 1 saturated heterocycles. The van der Waals surface area contributed by atoms with Crippen LogP contribution in [0.2, 0.25) is 0 Å². The third kappa shape index (κ3) is 4.72. The maximum atomic E-state index is 12.7. The van der Waals surface area contributed by atoms with Gasteiger partial charge >= 0.3 is 0 Å². The maximum Gasteiger partial charge on any atom is 0.263 e. The highest BCUT2D eigenvalue weighted by atomic mass is 32.1. The molecule has 3 N–H and O–H groups in total. The number of carbonyl (C=O) groups excluding carboxylic acids is 1. The Morgan fingerprint density at radius 2 is 2.07 bits per heavy atom. The lowest BCUT2D eigenvalue weighted by molar-refractivity contribution is 0.0320. The van der Waals surface area contributed by atoms with Crippen LogP contribution in [0.5, 0.6) is 5.88 Å².